The number of hydrazone groups is 1. The van der Waals surface area contributed by atoms with Crippen LogP contribution in [0.3, 0.4) is 0 Å². The molecule has 0 aliphatic rings. The molecule has 22 heavy (non-hydrogen) atoms. The van der Waals surface area contributed by atoms with Gasteiger partial charge in [0.05, 0.1) is 10.6 Å². The Labute approximate surface area is 129 Å². The number of benzene rings is 2. The van der Waals surface area contributed by atoms with Gasteiger partial charge in [0.15, 0.2) is 0 Å². The molecule has 0 unspecified atom stereocenters. The number of nitro benzene ring substituents is 1. The van der Waals surface area contributed by atoms with Crippen LogP contribution in [0.25, 0.3) is 0 Å². The van der Waals surface area contributed by atoms with Crippen LogP contribution < -0.4 is 5.43 Å². The fraction of sp³-hybridized carbons (Fsp3) is 0.235. The predicted octanol–water partition coefficient (Wildman–Crippen LogP) is 4.60. The van der Waals surface area contributed by atoms with Crippen molar-refractivity contribution in [2.45, 2.75) is 26.2 Å². The molecule has 0 heterocycles. The van der Waals surface area contributed by atoms with Gasteiger partial charge < -0.3 is 0 Å². The SMILES string of the molecule is CCCCC(=NNc1ccccc1[N+](=O)[O-])c1ccccc1. The second-order valence-corrected chi connectivity index (χ2v) is 4.91. The van der Waals surface area contributed by atoms with E-state index in [1.54, 1.807) is 18.2 Å². The summed E-state index contributed by atoms with van der Waals surface area (Å²) in [4.78, 5) is 10.6. The van der Waals surface area contributed by atoms with E-state index in [4.69, 9.17) is 0 Å². The smallest absolute Gasteiger partial charge is 0.271 e. The molecular weight excluding hydrogens is 278 g/mol. The van der Waals surface area contributed by atoms with Gasteiger partial charge in [0.1, 0.15) is 5.69 Å². The van der Waals surface area contributed by atoms with Crippen molar-refractivity contribution >= 4 is 17.1 Å². The van der Waals surface area contributed by atoms with Crippen LogP contribution in [0.15, 0.2) is 59.7 Å². The van der Waals surface area contributed by atoms with Crippen LogP contribution in [0.4, 0.5) is 11.4 Å². The predicted molar refractivity (Wildman–Crippen MR) is 89.2 cm³/mol. The van der Waals surface area contributed by atoms with Gasteiger partial charge in [0, 0.05) is 6.07 Å². The number of hydrogen-bond donors (Lipinski definition) is 1. The molecule has 114 valence electrons. The van der Waals surface area contributed by atoms with Crippen LogP contribution in [-0.2, 0) is 0 Å². The van der Waals surface area contributed by atoms with E-state index in [0.29, 0.717) is 5.69 Å². The third kappa shape index (κ3) is 4.15. The zero-order valence-electron chi connectivity index (χ0n) is 12.5. The Kier molecular flexibility index (Phi) is 5.65. The van der Waals surface area contributed by atoms with Gasteiger partial charge in [0.2, 0.25) is 0 Å². The number of nitrogens with one attached hydrogen (secondary N) is 1. The monoisotopic (exact) mass is 297 g/mol. The fourth-order valence-corrected chi connectivity index (χ4v) is 2.09. The lowest BCUT2D eigenvalue weighted by Crippen LogP contribution is -2.05. The second-order valence-electron chi connectivity index (χ2n) is 4.91. The average molecular weight is 297 g/mol. The maximum Gasteiger partial charge on any atom is 0.294 e. The lowest BCUT2D eigenvalue weighted by molar-refractivity contribution is -0.384. The van der Waals surface area contributed by atoms with Gasteiger partial charge in [-0.05, 0) is 24.5 Å². The number of nitrogens with zero attached hydrogens (tertiary/aromatic N) is 2. The summed E-state index contributed by atoms with van der Waals surface area (Å²) in [5.74, 6) is 0. The Balaban J connectivity index is 2.25. The van der Waals surface area contributed by atoms with E-state index in [1.165, 1.54) is 6.07 Å². The van der Waals surface area contributed by atoms with Crippen molar-refractivity contribution in [1.29, 1.82) is 0 Å². The standard InChI is InChI=1S/C17H19N3O2/c1-2-3-11-15(14-9-5-4-6-10-14)18-19-16-12-7-8-13-17(16)20(21)22/h4-10,12-13,19H,2-3,11H2,1H3. The molecule has 5 nitrogen and oxygen atoms in total. The molecule has 2 rings (SSSR count). The number of anilines is 1. The molecule has 2 aromatic carbocycles. The summed E-state index contributed by atoms with van der Waals surface area (Å²) in [6.07, 6.45) is 2.91. The quantitative estimate of drug-likeness (QED) is 0.461. The van der Waals surface area contributed by atoms with Crippen LogP contribution in [0.5, 0.6) is 0 Å². The average Bonchev–Trinajstić information content (AvgIpc) is 2.56. The lowest BCUT2D eigenvalue weighted by atomic mass is 10.1. The Morgan fingerprint density at radius 3 is 2.50 bits per heavy atom. The minimum Gasteiger partial charge on any atom is -0.271 e. The molecule has 0 saturated carbocycles. The molecule has 0 saturated heterocycles. The van der Waals surface area contributed by atoms with Crippen LogP contribution in [0, 0.1) is 10.1 Å². The van der Waals surface area contributed by atoms with E-state index in [1.807, 2.05) is 30.3 Å². The van der Waals surface area contributed by atoms with E-state index in [0.717, 1.165) is 30.5 Å². The largest absolute Gasteiger partial charge is 0.294 e. The zero-order valence-corrected chi connectivity index (χ0v) is 12.5. The highest BCUT2D eigenvalue weighted by molar-refractivity contribution is 6.01. The Morgan fingerprint density at radius 1 is 1.14 bits per heavy atom. The van der Waals surface area contributed by atoms with E-state index in [2.05, 4.69) is 17.5 Å². The Bertz CT molecular complexity index is 654. The maximum atomic E-state index is 11.0. The Morgan fingerprint density at radius 2 is 1.82 bits per heavy atom. The highest BCUT2D eigenvalue weighted by Crippen LogP contribution is 2.23. The number of nitro groups is 1. The van der Waals surface area contributed by atoms with Crippen molar-refractivity contribution < 1.29 is 4.92 Å². The summed E-state index contributed by atoms with van der Waals surface area (Å²) in [6.45, 7) is 2.12. The molecule has 1 N–H and O–H groups in total. The molecule has 0 bridgehead atoms. The van der Waals surface area contributed by atoms with Crippen molar-refractivity contribution in [2.24, 2.45) is 5.10 Å². The number of para-hydroxylation sites is 2. The van der Waals surface area contributed by atoms with Gasteiger partial charge >= 0.3 is 0 Å². The first kappa shape index (κ1) is 15.7. The van der Waals surface area contributed by atoms with Gasteiger partial charge in [-0.3, -0.25) is 15.5 Å². The second kappa shape index (κ2) is 7.93. The molecule has 0 radical (unpaired) electrons. The number of hydrogen-bond acceptors (Lipinski definition) is 4. The summed E-state index contributed by atoms with van der Waals surface area (Å²) >= 11 is 0. The first-order valence-electron chi connectivity index (χ1n) is 7.33. The number of rotatable bonds is 7. The van der Waals surface area contributed by atoms with Crippen LogP contribution >= 0.6 is 0 Å². The van der Waals surface area contributed by atoms with Crippen molar-refractivity contribution in [2.75, 3.05) is 5.43 Å². The van der Waals surface area contributed by atoms with E-state index >= 15 is 0 Å². The third-order valence-electron chi connectivity index (χ3n) is 3.29. The van der Waals surface area contributed by atoms with Gasteiger partial charge in [-0.15, -0.1) is 0 Å². The molecule has 0 aliphatic heterocycles. The summed E-state index contributed by atoms with van der Waals surface area (Å²) in [7, 11) is 0. The zero-order chi connectivity index (χ0) is 15.8. The van der Waals surface area contributed by atoms with Crippen LogP contribution in [-0.4, -0.2) is 10.6 Å². The van der Waals surface area contributed by atoms with Crippen LogP contribution in [0.1, 0.15) is 31.7 Å². The molecule has 5 heteroatoms. The van der Waals surface area contributed by atoms with Gasteiger partial charge in [-0.1, -0.05) is 55.8 Å². The van der Waals surface area contributed by atoms with Crippen molar-refractivity contribution in [3.63, 3.8) is 0 Å². The minimum atomic E-state index is -0.411. The van der Waals surface area contributed by atoms with Crippen molar-refractivity contribution in [1.82, 2.24) is 0 Å². The topological polar surface area (TPSA) is 67.5 Å². The van der Waals surface area contributed by atoms with E-state index in [9.17, 15) is 10.1 Å². The fourth-order valence-electron chi connectivity index (χ4n) is 2.09. The molecule has 0 spiro atoms. The van der Waals surface area contributed by atoms with Gasteiger partial charge in [-0.2, -0.15) is 5.10 Å². The van der Waals surface area contributed by atoms with Gasteiger partial charge in [0.25, 0.3) is 5.69 Å². The lowest BCUT2D eigenvalue weighted by Gasteiger charge is -2.08. The minimum absolute atomic E-state index is 0.0224. The summed E-state index contributed by atoms with van der Waals surface area (Å²) in [5.41, 5.74) is 5.20. The van der Waals surface area contributed by atoms with Crippen molar-refractivity contribution in [3.8, 4) is 0 Å². The van der Waals surface area contributed by atoms with E-state index in [-0.39, 0.29) is 5.69 Å². The molecule has 2 aromatic rings. The molecular formula is C17H19N3O2. The molecule has 0 fully saturated rings. The molecule has 0 aliphatic carbocycles. The van der Waals surface area contributed by atoms with E-state index < -0.39 is 4.92 Å². The molecule has 0 amide bonds. The molecule has 0 aromatic heterocycles. The number of unbranched alkanes of at least 4 members (excludes halogenated alkanes) is 1. The summed E-state index contributed by atoms with van der Waals surface area (Å²) < 4.78 is 0. The highest BCUT2D eigenvalue weighted by Gasteiger charge is 2.12. The maximum absolute atomic E-state index is 11.0. The normalized spacial score (nSPS) is 11.2. The first-order chi connectivity index (χ1) is 10.7. The summed E-state index contributed by atoms with van der Waals surface area (Å²) in [5, 5.41) is 15.4. The molecule has 0 atom stereocenters. The summed E-state index contributed by atoms with van der Waals surface area (Å²) in [6, 6.07) is 16.4. The highest BCUT2D eigenvalue weighted by atomic mass is 16.6. The Hall–Kier alpha value is -2.69. The first-order valence-corrected chi connectivity index (χ1v) is 7.33. The third-order valence-corrected chi connectivity index (χ3v) is 3.29. The van der Waals surface area contributed by atoms with Crippen molar-refractivity contribution in [3.05, 3.63) is 70.3 Å². The van der Waals surface area contributed by atoms with Gasteiger partial charge in [-0.25, -0.2) is 0 Å². The van der Waals surface area contributed by atoms with Crippen LogP contribution in [0.2, 0.25) is 0 Å².